The van der Waals surface area contributed by atoms with E-state index in [0.29, 0.717) is 35.6 Å². The third-order valence-corrected chi connectivity index (χ3v) is 4.54. The quantitative estimate of drug-likeness (QED) is 0.458. The van der Waals surface area contributed by atoms with Crippen LogP contribution >= 0.6 is 11.8 Å². The summed E-state index contributed by atoms with van der Waals surface area (Å²) in [6, 6.07) is 11.5. The highest BCUT2D eigenvalue weighted by molar-refractivity contribution is 7.99. The van der Waals surface area contributed by atoms with Gasteiger partial charge in [-0.25, -0.2) is 0 Å². The van der Waals surface area contributed by atoms with Crippen molar-refractivity contribution >= 4 is 17.7 Å². The van der Waals surface area contributed by atoms with E-state index < -0.39 is 0 Å². The van der Waals surface area contributed by atoms with E-state index in [4.69, 9.17) is 14.9 Å². The second-order valence-corrected chi connectivity index (χ2v) is 6.73. The number of furan rings is 1. The number of hydrogen-bond donors (Lipinski definition) is 1. The number of nitrogens with zero attached hydrogens (tertiary/aromatic N) is 3. The molecule has 1 aromatic carbocycles. The molecule has 2 N–H and O–H groups in total. The summed E-state index contributed by atoms with van der Waals surface area (Å²) in [5.41, 5.74) is 6.44. The number of primary amides is 1. The zero-order valence-electron chi connectivity index (χ0n) is 14.4. The largest absolute Gasteiger partial charge is 0.493 e. The van der Waals surface area contributed by atoms with E-state index in [1.54, 1.807) is 18.4 Å². The molecule has 0 aliphatic heterocycles. The molecule has 3 rings (SSSR count). The minimum atomic E-state index is -0.372. The van der Waals surface area contributed by atoms with Crippen LogP contribution in [0.3, 0.4) is 0 Å². The third-order valence-electron chi connectivity index (χ3n) is 3.61. The molecule has 0 aliphatic carbocycles. The standard InChI is InChI=1S/C18H20N4O3S/c1-13-4-2-5-14(12-13)24-10-11-26-18-21-20-17(15-6-3-9-25-15)22(18)8-7-16(19)23/h2-6,9,12H,7-8,10-11H2,1H3,(H2,19,23). The molecule has 0 atom stereocenters. The van der Waals surface area contributed by atoms with Crippen LogP contribution in [0.1, 0.15) is 12.0 Å². The molecule has 1 amide bonds. The van der Waals surface area contributed by atoms with Gasteiger partial charge in [0, 0.05) is 18.7 Å². The Balaban J connectivity index is 1.64. The Morgan fingerprint density at radius 2 is 2.19 bits per heavy atom. The number of nitrogens with two attached hydrogens (primary N) is 1. The summed E-state index contributed by atoms with van der Waals surface area (Å²) in [5, 5.41) is 9.11. The second kappa shape index (κ2) is 8.57. The fraction of sp³-hybridized carbons (Fsp3) is 0.278. The van der Waals surface area contributed by atoms with Gasteiger partial charge in [0.05, 0.1) is 12.9 Å². The summed E-state index contributed by atoms with van der Waals surface area (Å²) in [7, 11) is 0. The van der Waals surface area contributed by atoms with Crippen LogP contribution in [0.25, 0.3) is 11.6 Å². The summed E-state index contributed by atoms with van der Waals surface area (Å²) in [5.74, 6) is 2.35. The number of thioether (sulfide) groups is 1. The van der Waals surface area contributed by atoms with E-state index in [0.717, 1.165) is 11.3 Å². The molecule has 0 saturated heterocycles. The Morgan fingerprint density at radius 1 is 1.31 bits per heavy atom. The van der Waals surface area contributed by atoms with Crippen molar-refractivity contribution in [2.75, 3.05) is 12.4 Å². The van der Waals surface area contributed by atoms with Gasteiger partial charge in [-0.2, -0.15) is 0 Å². The molecular formula is C18H20N4O3S. The van der Waals surface area contributed by atoms with Crippen LogP contribution in [-0.4, -0.2) is 33.0 Å². The summed E-state index contributed by atoms with van der Waals surface area (Å²) in [4.78, 5) is 11.2. The number of hydrogen-bond acceptors (Lipinski definition) is 6. The van der Waals surface area contributed by atoms with Crippen molar-refractivity contribution in [3.63, 3.8) is 0 Å². The average Bonchev–Trinajstić information content (AvgIpc) is 3.26. The van der Waals surface area contributed by atoms with Crippen LogP contribution in [0.15, 0.2) is 52.2 Å². The third kappa shape index (κ3) is 4.66. The summed E-state index contributed by atoms with van der Waals surface area (Å²) in [6.45, 7) is 2.96. The highest BCUT2D eigenvalue weighted by atomic mass is 32.2. The number of carbonyl (C=O) groups is 1. The zero-order valence-corrected chi connectivity index (χ0v) is 15.2. The van der Waals surface area contributed by atoms with Crippen LogP contribution in [-0.2, 0) is 11.3 Å². The Morgan fingerprint density at radius 3 is 2.92 bits per heavy atom. The van der Waals surface area contributed by atoms with Gasteiger partial charge in [0.25, 0.3) is 0 Å². The van der Waals surface area contributed by atoms with E-state index in [9.17, 15) is 4.79 Å². The van der Waals surface area contributed by atoms with Crippen molar-refractivity contribution in [3.05, 3.63) is 48.2 Å². The molecule has 8 heteroatoms. The molecule has 0 aliphatic rings. The lowest BCUT2D eigenvalue weighted by Gasteiger charge is -2.09. The van der Waals surface area contributed by atoms with Crippen LogP contribution in [0.2, 0.25) is 0 Å². The van der Waals surface area contributed by atoms with Gasteiger partial charge >= 0.3 is 0 Å². The molecule has 0 fully saturated rings. The minimum absolute atomic E-state index is 0.207. The topological polar surface area (TPSA) is 96.2 Å². The summed E-state index contributed by atoms with van der Waals surface area (Å²) >= 11 is 1.51. The van der Waals surface area contributed by atoms with E-state index in [2.05, 4.69) is 10.2 Å². The first-order valence-corrected chi connectivity index (χ1v) is 9.19. The van der Waals surface area contributed by atoms with Crippen molar-refractivity contribution < 1.29 is 13.9 Å². The number of aryl methyl sites for hydroxylation is 1. The van der Waals surface area contributed by atoms with Crippen LogP contribution in [0, 0.1) is 6.92 Å². The average molecular weight is 372 g/mol. The lowest BCUT2D eigenvalue weighted by atomic mass is 10.2. The second-order valence-electron chi connectivity index (χ2n) is 5.66. The molecule has 0 radical (unpaired) electrons. The van der Waals surface area contributed by atoms with Crippen molar-refractivity contribution in [1.29, 1.82) is 0 Å². The first kappa shape index (κ1) is 18.1. The number of rotatable bonds is 9. The lowest BCUT2D eigenvalue weighted by Crippen LogP contribution is -2.15. The maximum Gasteiger partial charge on any atom is 0.219 e. The van der Waals surface area contributed by atoms with Gasteiger partial charge in [0.15, 0.2) is 16.7 Å². The molecule has 0 saturated carbocycles. The molecule has 0 spiro atoms. The Labute approximate surface area is 155 Å². The Hall–Kier alpha value is -2.74. The van der Waals surface area contributed by atoms with Gasteiger partial charge in [0.2, 0.25) is 5.91 Å². The number of amides is 1. The number of aromatic nitrogens is 3. The van der Waals surface area contributed by atoms with E-state index in [-0.39, 0.29) is 12.3 Å². The predicted octanol–water partition coefficient (Wildman–Crippen LogP) is 2.89. The van der Waals surface area contributed by atoms with E-state index in [1.807, 2.05) is 35.8 Å². The number of benzene rings is 1. The van der Waals surface area contributed by atoms with Crippen molar-refractivity contribution in [2.45, 2.75) is 25.0 Å². The van der Waals surface area contributed by atoms with Gasteiger partial charge in [-0.1, -0.05) is 23.9 Å². The maximum absolute atomic E-state index is 11.2. The van der Waals surface area contributed by atoms with Crippen LogP contribution in [0.5, 0.6) is 5.75 Å². The highest BCUT2D eigenvalue weighted by Crippen LogP contribution is 2.25. The van der Waals surface area contributed by atoms with Gasteiger partial charge in [-0.3, -0.25) is 9.36 Å². The molecule has 2 heterocycles. The van der Waals surface area contributed by atoms with Crippen LogP contribution in [0.4, 0.5) is 0 Å². The summed E-state index contributed by atoms with van der Waals surface area (Å²) in [6.07, 6.45) is 1.78. The van der Waals surface area contributed by atoms with Gasteiger partial charge in [-0.05, 0) is 36.8 Å². The van der Waals surface area contributed by atoms with Gasteiger partial charge in [-0.15, -0.1) is 10.2 Å². The smallest absolute Gasteiger partial charge is 0.219 e. The fourth-order valence-corrected chi connectivity index (χ4v) is 3.19. The molecule has 136 valence electrons. The Bertz CT molecular complexity index is 861. The molecule has 0 unspecified atom stereocenters. The molecular weight excluding hydrogens is 352 g/mol. The Kier molecular flexibility index (Phi) is 5.96. The van der Waals surface area contributed by atoms with Crippen molar-refractivity contribution in [3.8, 4) is 17.3 Å². The first-order valence-electron chi connectivity index (χ1n) is 8.21. The van der Waals surface area contributed by atoms with E-state index in [1.165, 1.54) is 11.8 Å². The maximum atomic E-state index is 11.2. The predicted molar refractivity (Wildman–Crippen MR) is 98.9 cm³/mol. The SMILES string of the molecule is Cc1cccc(OCCSc2nnc(-c3ccco3)n2CCC(N)=O)c1. The first-order chi connectivity index (χ1) is 12.6. The number of ether oxygens (including phenoxy) is 1. The monoisotopic (exact) mass is 372 g/mol. The van der Waals surface area contributed by atoms with Crippen LogP contribution < -0.4 is 10.5 Å². The highest BCUT2D eigenvalue weighted by Gasteiger charge is 2.16. The van der Waals surface area contributed by atoms with Crippen molar-refractivity contribution in [1.82, 2.24) is 14.8 Å². The number of carbonyl (C=O) groups excluding carboxylic acids is 1. The molecule has 7 nitrogen and oxygen atoms in total. The minimum Gasteiger partial charge on any atom is -0.493 e. The molecule has 2 aromatic heterocycles. The van der Waals surface area contributed by atoms with E-state index >= 15 is 0 Å². The zero-order chi connectivity index (χ0) is 18.4. The van der Waals surface area contributed by atoms with Gasteiger partial charge < -0.3 is 14.9 Å². The van der Waals surface area contributed by atoms with Gasteiger partial charge in [0.1, 0.15) is 5.75 Å². The summed E-state index contributed by atoms with van der Waals surface area (Å²) < 4.78 is 13.0. The molecule has 0 bridgehead atoms. The lowest BCUT2D eigenvalue weighted by molar-refractivity contribution is -0.118. The van der Waals surface area contributed by atoms with Crippen molar-refractivity contribution in [2.24, 2.45) is 5.73 Å². The molecule has 26 heavy (non-hydrogen) atoms. The molecule has 3 aromatic rings. The fourth-order valence-electron chi connectivity index (χ4n) is 2.40. The normalized spacial score (nSPS) is 10.8.